The van der Waals surface area contributed by atoms with Gasteiger partial charge in [0.1, 0.15) is 6.04 Å². The standard InChI is InChI=1S/C25H32N4O4/c30-16-27-9-5-17(6-10-27)13-18-7-11-28(12-8-18)20-1-2-21-19(14-20)15-29(25(21)33)22-3-4-23(31)26-24(22)32/h1-2,14,16-18,22H,3-13,15H2,(H,26,31,32). The number of amides is 4. The summed E-state index contributed by atoms with van der Waals surface area (Å²) in [5, 5.41) is 2.36. The minimum atomic E-state index is -0.569. The predicted octanol–water partition coefficient (Wildman–Crippen LogP) is 1.92. The molecule has 1 aromatic carbocycles. The van der Waals surface area contributed by atoms with Crippen LogP contribution in [0.25, 0.3) is 0 Å². The maximum Gasteiger partial charge on any atom is 0.255 e. The molecule has 5 rings (SSSR count). The van der Waals surface area contributed by atoms with Crippen LogP contribution in [0.1, 0.15) is 60.9 Å². The van der Waals surface area contributed by atoms with E-state index >= 15 is 0 Å². The van der Waals surface area contributed by atoms with Crippen LogP contribution in [0.3, 0.4) is 0 Å². The molecule has 33 heavy (non-hydrogen) atoms. The molecule has 0 saturated carbocycles. The van der Waals surface area contributed by atoms with E-state index in [4.69, 9.17) is 0 Å². The Balaban J connectivity index is 1.17. The summed E-state index contributed by atoms with van der Waals surface area (Å²) in [6.45, 7) is 4.25. The summed E-state index contributed by atoms with van der Waals surface area (Å²) in [4.78, 5) is 53.4. The molecule has 1 unspecified atom stereocenters. The smallest absolute Gasteiger partial charge is 0.255 e. The van der Waals surface area contributed by atoms with E-state index in [1.165, 1.54) is 19.3 Å². The van der Waals surface area contributed by atoms with Gasteiger partial charge in [-0.1, -0.05) is 0 Å². The molecule has 4 amide bonds. The number of nitrogens with zero attached hydrogens (tertiary/aromatic N) is 3. The molecule has 1 aromatic rings. The van der Waals surface area contributed by atoms with Crippen LogP contribution in [0.15, 0.2) is 18.2 Å². The quantitative estimate of drug-likeness (QED) is 0.545. The van der Waals surface area contributed by atoms with Crippen molar-refractivity contribution in [2.24, 2.45) is 11.8 Å². The van der Waals surface area contributed by atoms with Crippen LogP contribution in [-0.4, -0.2) is 66.2 Å². The van der Waals surface area contributed by atoms with E-state index in [-0.39, 0.29) is 24.1 Å². The first-order valence-electron chi connectivity index (χ1n) is 12.2. The number of benzene rings is 1. The van der Waals surface area contributed by atoms with E-state index in [2.05, 4.69) is 16.3 Å². The zero-order chi connectivity index (χ0) is 22.9. The SMILES string of the molecule is O=CN1CCC(CC2CCN(c3ccc4c(c3)CN(C3CCC(=O)NC3=O)C4=O)CC2)CC1. The van der Waals surface area contributed by atoms with E-state index in [9.17, 15) is 19.2 Å². The average molecular weight is 453 g/mol. The van der Waals surface area contributed by atoms with Crippen molar-refractivity contribution in [1.29, 1.82) is 0 Å². The molecule has 4 aliphatic rings. The molecular formula is C25H32N4O4. The number of carbonyl (C=O) groups is 4. The van der Waals surface area contributed by atoms with Crippen molar-refractivity contribution in [2.45, 2.75) is 57.5 Å². The summed E-state index contributed by atoms with van der Waals surface area (Å²) in [6.07, 6.45) is 7.50. The van der Waals surface area contributed by atoms with Crippen LogP contribution in [0.4, 0.5) is 5.69 Å². The Labute approximate surface area is 194 Å². The highest BCUT2D eigenvalue weighted by molar-refractivity contribution is 6.05. The van der Waals surface area contributed by atoms with Crippen molar-refractivity contribution in [2.75, 3.05) is 31.1 Å². The normalized spacial score (nSPS) is 24.8. The van der Waals surface area contributed by atoms with Crippen molar-refractivity contribution in [1.82, 2.24) is 15.1 Å². The van der Waals surface area contributed by atoms with Gasteiger partial charge >= 0.3 is 0 Å². The second-order valence-electron chi connectivity index (χ2n) is 9.99. The number of likely N-dealkylation sites (tertiary alicyclic amines) is 1. The highest BCUT2D eigenvalue weighted by Crippen LogP contribution is 2.34. The molecular weight excluding hydrogens is 420 g/mol. The number of rotatable bonds is 5. The maximum absolute atomic E-state index is 12.9. The van der Waals surface area contributed by atoms with Gasteiger partial charge in [0.25, 0.3) is 5.91 Å². The molecule has 3 fully saturated rings. The predicted molar refractivity (Wildman–Crippen MR) is 122 cm³/mol. The van der Waals surface area contributed by atoms with Gasteiger partial charge < -0.3 is 14.7 Å². The minimum absolute atomic E-state index is 0.120. The van der Waals surface area contributed by atoms with E-state index in [0.717, 1.165) is 68.5 Å². The number of piperidine rings is 3. The molecule has 0 aromatic heterocycles. The Morgan fingerprint density at radius 1 is 0.939 bits per heavy atom. The van der Waals surface area contributed by atoms with Gasteiger partial charge in [-0.3, -0.25) is 24.5 Å². The Hall–Kier alpha value is -2.90. The number of hydrogen-bond donors (Lipinski definition) is 1. The lowest BCUT2D eigenvalue weighted by Crippen LogP contribution is -2.52. The van der Waals surface area contributed by atoms with Gasteiger partial charge in [0.15, 0.2) is 0 Å². The summed E-state index contributed by atoms with van der Waals surface area (Å²) in [5.41, 5.74) is 2.77. The molecule has 1 atom stereocenters. The third kappa shape index (κ3) is 4.48. The van der Waals surface area contributed by atoms with Gasteiger partial charge in [-0.05, 0) is 74.1 Å². The number of fused-ring (bicyclic) bond motifs is 1. The van der Waals surface area contributed by atoms with Crippen LogP contribution in [-0.2, 0) is 20.9 Å². The Bertz CT molecular complexity index is 948. The first kappa shape index (κ1) is 21.9. The minimum Gasteiger partial charge on any atom is -0.372 e. The number of anilines is 1. The van der Waals surface area contributed by atoms with Crippen molar-refractivity contribution in [3.63, 3.8) is 0 Å². The van der Waals surface area contributed by atoms with E-state index < -0.39 is 6.04 Å². The lowest BCUT2D eigenvalue weighted by Gasteiger charge is -2.37. The molecule has 0 aliphatic carbocycles. The summed E-state index contributed by atoms with van der Waals surface area (Å²) < 4.78 is 0. The monoisotopic (exact) mass is 452 g/mol. The summed E-state index contributed by atoms with van der Waals surface area (Å²) >= 11 is 0. The highest BCUT2D eigenvalue weighted by Gasteiger charge is 2.39. The summed E-state index contributed by atoms with van der Waals surface area (Å²) in [5.74, 6) is 0.726. The fraction of sp³-hybridized carbons (Fsp3) is 0.600. The molecule has 0 bridgehead atoms. The Morgan fingerprint density at radius 3 is 2.30 bits per heavy atom. The molecule has 176 valence electrons. The van der Waals surface area contributed by atoms with Gasteiger partial charge in [0.05, 0.1) is 0 Å². The number of carbonyl (C=O) groups excluding carboxylic acids is 4. The lowest BCUT2D eigenvalue weighted by molar-refractivity contribution is -0.137. The third-order valence-corrected chi connectivity index (χ3v) is 7.95. The Kier molecular flexibility index (Phi) is 6.08. The second-order valence-corrected chi connectivity index (χ2v) is 9.99. The molecule has 0 radical (unpaired) electrons. The van der Waals surface area contributed by atoms with Crippen LogP contribution in [0, 0.1) is 11.8 Å². The highest BCUT2D eigenvalue weighted by atomic mass is 16.2. The first-order valence-corrected chi connectivity index (χ1v) is 12.2. The molecule has 0 spiro atoms. The van der Waals surface area contributed by atoms with E-state index in [0.29, 0.717) is 18.5 Å². The molecule has 3 saturated heterocycles. The van der Waals surface area contributed by atoms with Crippen LogP contribution in [0.5, 0.6) is 0 Å². The fourth-order valence-corrected chi connectivity index (χ4v) is 5.95. The van der Waals surface area contributed by atoms with E-state index in [1.54, 1.807) is 4.90 Å². The van der Waals surface area contributed by atoms with E-state index in [1.807, 2.05) is 17.0 Å². The fourth-order valence-electron chi connectivity index (χ4n) is 5.95. The third-order valence-electron chi connectivity index (χ3n) is 7.95. The zero-order valence-corrected chi connectivity index (χ0v) is 19.0. The van der Waals surface area contributed by atoms with Crippen molar-refractivity contribution in [3.8, 4) is 0 Å². The second kappa shape index (κ2) is 9.15. The van der Waals surface area contributed by atoms with Crippen molar-refractivity contribution in [3.05, 3.63) is 29.3 Å². The molecule has 1 N–H and O–H groups in total. The number of nitrogens with one attached hydrogen (secondary N) is 1. The van der Waals surface area contributed by atoms with Crippen molar-refractivity contribution >= 4 is 29.8 Å². The molecule has 8 nitrogen and oxygen atoms in total. The zero-order valence-electron chi connectivity index (χ0n) is 19.0. The van der Waals surface area contributed by atoms with Crippen LogP contribution in [0.2, 0.25) is 0 Å². The van der Waals surface area contributed by atoms with Gasteiger partial charge in [0.2, 0.25) is 18.2 Å². The van der Waals surface area contributed by atoms with Crippen molar-refractivity contribution < 1.29 is 19.2 Å². The average Bonchev–Trinajstić information content (AvgIpc) is 3.15. The first-order chi connectivity index (χ1) is 16.0. The topological polar surface area (TPSA) is 90.0 Å². The summed E-state index contributed by atoms with van der Waals surface area (Å²) in [6, 6.07) is 5.46. The van der Waals surface area contributed by atoms with Gasteiger partial charge in [-0.15, -0.1) is 0 Å². The van der Waals surface area contributed by atoms with Gasteiger partial charge in [0, 0.05) is 50.4 Å². The molecule has 8 heteroatoms. The van der Waals surface area contributed by atoms with Crippen LogP contribution >= 0.6 is 0 Å². The van der Waals surface area contributed by atoms with Crippen LogP contribution < -0.4 is 10.2 Å². The van der Waals surface area contributed by atoms with Gasteiger partial charge in [-0.25, -0.2) is 0 Å². The lowest BCUT2D eigenvalue weighted by atomic mass is 9.83. The Morgan fingerprint density at radius 2 is 1.64 bits per heavy atom. The summed E-state index contributed by atoms with van der Waals surface area (Å²) in [7, 11) is 0. The van der Waals surface area contributed by atoms with Gasteiger partial charge in [-0.2, -0.15) is 0 Å². The maximum atomic E-state index is 12.9. The number of hydrogen-bond acceptors (Lipinski definition) is 5. The molecule has 4 heterocycles. The molecule has 4 aliphatic heterocycles. The number of imide groups is 1. The largest absolute Gasteiger partial charge is 0.372 e.